The molecule has 0 radical (unpaired) electrons. The molecule has 1 heterocycles. The maximum atomic E-state index is 10.7. The lowest BCUT2D eigenvalue weighted by Crippen LogP contribution is -2.17. The molecule has 0 bridgehead atoms. The van der Waals surface area contributed by atoms with Gasteiger partial charge in [0.05, 0.1) is 12.4 Å². The third-order valence-corrected chi connectivity index (χ3v) is 1.48. The molecule has 1 aromatic heterocycles. The van der Waals surface area contributed by atoms with Gasteiger partial charge in [-0.1, -0.05) is 0 Å². The van der Waals surface area contributed by atoms with Gasteiger partial charge in [0.25, 0.3) is 5.56 Å². The predicted molar refractivity (Wildman–Crippen MR) is 62.4 cm³/mol. The Hall–Kier alpha value is -1.98. The fraction of sp³-hybridized carbons (Fsp3) is 0.400. The van der Waals surface area contributed by atoms with Crippen molar-refractivity contribution in [3.63, 3.8) is 0 Å². The van der Waals surface area contributed by atoms with Crippen molar-refractivity contribution < 1.29 is 4.79 Å². The Balaban J connectivity index is 0.000000293. The Morgan fingerprint density at radius 2 is 2.25 bits per heavy atom. The van der Waals surface area contributed by atoms with Crippen LogP contribution in [-0.2, 0) is 11.8 Å². The molecule has 0 aliphatic carbocycles. The second-order valence-corrected chi connectivity index (χ2v) is 3.09. The minimum atomic E-state index is -0.0602. The van der Waals surface area contributed by atoms with E-state index in [0.29, 0.717) is 0 Å². The van der Waals surface area contributed by atoms with Crippen LogP contribution in [0.3, 0.4) is 0 Å². The van der Waals surface area contributed by atoms with Crippen LogP contribution in [0.25, 0.3) is 0 Å². The van der Waals surface area contributed by atoms with Gasteiger partial charge in [-0.15, -0.1) is 0 Å². The molecule has 0 saturated carbocycles. The van der Waals surface area contributed by atoms with E-state index in [9.17, 15) is 9.59 Å². The van der Waals surface area contributed by atoms with Crippen LogP contribution in [0.5, 0.6) is 0 Å². The van der Waals surface area contributed by atoms with Crippen LogP contribution in [0.4, 0.5) is 0 Å². The standard InChI is InChI=1S/C6H8N2O.C4H8N2O/c1-5-3-6(9)8(2)7-4-5;1-4(7)3-6-5-2/h3-4H,1-2H3;3,5H,1-2H3/b;6-3+. The number of carbonyl (C=O) groups excluding carboxylic acids is 1. The van der Waals surface area contributed by atoms with E-state index in [4.69, 9.17) is 0 Å². The van der Waals surface area contributed by atoms with Gasteiger partial charge < -0.3 is 5.43 Å². The fourth-order valence-electron chi connectivity index (χ4n) is 0.715. The minimum Gasteiger partial charge on any atom is -0.313 e. The van der Waals surface area contributed by atoms with Crippen LogP contribution in [0, 0.1) is 6.92 Å². The van der Waals surface area contributed by atoms with Crippen LogP contribution in [-0.4, -0.2) is 28.8 Å². The topological polar surface area (TPSA) is 76.3 Å². The molecule has 0 fully saturated rings. The van der Waals surface area contributed by atoms with E-state index in [-0.39, 0.29) is 11.3 Å². The Bertz CT molecular complexity index is 423. The molecule has 88 valence electrons. The lowest BCUT2D eigenvalue weighted by Gasteiger charge is -1.92. The molecule has 1 rings (SSSR count). The number of Topliss-reactive ketones (excluding diaryl/α,β-unsaturated/α-hetero) is 1. The molecule has 16 heavy (non-hydrogen) atoms. The molecule has 0 aromatic carbocycles. The first-order valence-electron chi connectivity index (χ1n) is 4.67. The Labute approximate surface area is 94.0 Å². The van der Waals surface area contributed by atoms with E-state index in [1.807, 2.05) is 6.92 Å². The van der Waals surface area contributed by atoms with Gasteiger partial charge in [-0.05, 0) is 12.5 Å². The highest BCUT2D eigenvalue weighted by Gasteiger charge is 1.87. The molecule has 6 heteroatoms. The quantitative estimate of drug-likeness (QED) is 0.561. The van der Waals surface area contributed by atoms with E-state index in [1.54, 1.807) is 26.4 Å². The van der Waals surface area contributed by atoms with Gasteiger partial charge in [0.1, 0.15) is 0 Å². The lowest BCUT2D eigenvalue weighted by atomic mass is 10.4. The summed E-state index contributed by atoms with van der Waals surface area (Å²) in [6.07, 6.45) is 2.88. The van der Waals surface area contributed by atoms with E-state index in [1.165, 1.54) is 17.8 Å². The van der Waals surface area contributed by atoms with Gasteiger partial charge in [0.2, 0.25) is 0 Å². The summed E-state index contributed by atoms with van der Waals surface area (Å²) < 4.78 is 1.30. The molecule has 0 saturated heterocycles. The predicted octanol–water partition coefficient (Wildman–Crippen LogP) is -0.131. The van der Waals surface area contributed by atoms with Crippen molar-refractivity contribution in [3.05, 3.63) is 28.2 Å². The molecule has 1 aromatic rings. The van der Waals surface area contributed by atoms with E-state index < -0.39 is 0 Å². The number of rotatable bonds is 2. The summed E-state index contributed by atoms with van der Waals surface area (Å²) >= 11 is 0. The summed E-state index contributed by atoms with van der Waals surface area (Å²) in [5.41, 5.74) is 3.29. The van der Waals surface area contributed by atoms with Gasteiger partial charge in [0.15, 0.2) is 5.78 Å². The number of nitrogens with one attached hydrogen (secondary N) is 1. The van der Waals surface area contributed by atoms with Crippen LogP contribution < -0.4 is 11.0 Å². The van der Waals surface area contributed by atoms with E-state index in [0.717, 1.165) is 5.56 Å². The normalized spacial score (nSPS) is 9.50. The molecule has 1 N–H and O–H groups in total. The molecule has 0 unspecified atom stereocenters. The SMILES string of the molecule is CN/N=C/C(C)=O.Cc1cnn(C)c(=O)c1. The van der Waals surface area contributed by atoms with Crippen molar-refractivity contribution in [2.45, 2.75) is 13.8 Å². The van der Waals surface area contributed by atoms with Gasteiger partial charge in [-0.3, -0.25) is 9.59 Å². The van der Waals surface area contributed by atoms with Crippen molar-refractivity contribution in [1.29, 1.82) is 0 Å². The maximum absolute atomic E-state index is 10.7. The van der Waals surface area contributed by atoms with Crippen molar-refractivity contribution >= 4 is 12.0 Å². The number of aromatic nitrogens is 2. The molecule has 0 atom stereocenters. The molecule has 0 aliphatic heterocycles. The summed E-state index contributed by atoms with van der Waals surface area (Å²) in [5, 5.41) is 7.23. The highest BCUT2D eigenvalue weighted by Crippen LogP contribution is 1.83. The van der Waals surface area contributed by atoms with Gasteiger partial charge in [0, 0.05) is 27.1 Å². The van der Waals surface area contributed by atoms with Gasteiger partial charge >= 0.3 is 0 Å². The number of aryl methyl sites for hydroxylation is 2. The Kier molecular flexibility index (Phi) is 6.42. The molecule has 0 spiro atoms. The van der Waals surface area contributed by atoms with Crippen molar-refractivity contribution in [2.24, 2.45) is 12.1 Å². The smallest absolute Gasteiger partial charge is 0.266 e. The van der Waals surface area contributed by atoms with Gasteiger partial charge in [-0.25, -0.2) is 4.68 Å². The third-order valence-electron chi connectivity index (χ3n) is 1.48. The number of ketones is 1. The fourth-order valence-corrected chi connectivity index (χ4v) is 0.715. The summed E-state index contributed by atoms with van der Waals surface area (Å²) in [5.74, 6) is -0.0469. The maximum Gasteiger partial charge on any atom is 0.266 e. The molecular weight excluding hydrogens is 208 g/mol. The second-order valence-electron chi connectivity index (χ2n) is 3.09. The highest BCUT2D eigenvalue weighted by atomic mass is 16.1. The number of hydrogen-bond acceptors (Lipinski definition) is 5. The van der Waals surface area contributed by atoms with E-state index in [2.05, 4.69) is 15.6 Å². The van der Waals surface area contributed by atoms with Crippen LogP contribution in [0.2, 0.25) is 0 Å². The van der Waals surface area contributed by atoms with Crippen molar-refractivity contribution in [1.82, 2.24) is 15.2 Å². The first kappa shape index (κ1) is 14.0. The average molecular weight is 224 g/mol. The number of hydrazone groups is 1. The number of carbonyl (C=O) groups is 1. The van der Waals surface area contributed by atoms with Gasteiger partial charge in [-0.2, -0.15) is 10.2 Å². The molecule has 6 nitrogen and oxygen atoms in total. The number of nitrogens with zero attached hydrogens (tertiary/aromatic N) is 3. The average Bonchev–Trinajstić information content (AvgIpc) is 2.22. The summed E-state index contributed by atoms with van der Waals surface area (Å²) in [7, 11) is 3.27. The Morgan fingerprint density at radius 1 is 1.62 bits per heavy atom. The van der Waals surface area contributed by atoms with Crippen molar-refractivity contribution in [3.8, 4) is 0 Å². The second kappa shape index (κ2) is 7.33. The van der Waals surface area contributed by atoms with Crippen molar-refractivity contribution in [2.75, 3.05) is 7.05 Å². The largest absolute Gasteiger partial charge is 0.313 e. The molecule has 0 amide bonds. The summed E-state index contributed by atoms with van der Waals surface area (Å²) in [6, 6.07) is 1.55. The zero-order valence-electron chi connectivity index (χ0n) is 9.89. The zero-order valence-corrected chi connectivity index (χ0v) is 9.89. The monoisotopic (exact) mass is 224 g/mol. The zero-order chi connectivity index (χ0) is 12.6. The van der Waals surface area contributed by atoms with Crippen LogP contribution in [0.15, 0.2) is 22.2 Å². The first-order valence-corrected chi connectivity index (χ1v) is 4.67. The minimum absolute atomic E-state index is 0.0469. The molecular formula is C10H16N4O2. The molecule has 0 aliphatic rings. The first-order chi connectivity index (χ1) is 7.47. The Morgan fingerprint density at radius 3 is 2.56 bits per heavy atom. The summed E-state index contributed by atoms with van der Waals surface area (Å²) in [4.78, 5) is 20.8. The lowest BCUT2D eigenvalue weighted by molar-refractivity contribution is -0.110. The third kappa shape index (κ3) is 6.47. The number of hydrogen-bond donors (Lipinski definition) is 1. The summed E-state index contributed by atoms with van der Waals surface area (Å²) in [6.45, 7) is 3.29. The highest BCUT2D eigenvalue weighted by molar-refractivity contribution is 6.26. The van der Waals surface area contributed by atoms with Crippen LogP contribution >= 0.6 is 0 Å². The van der Waals surface area contributed by atoms with E-state index >= 15 is 0 Å². The van der Waals surface area contributed by atoms with Crippen LogP contribution in [0.1, 0.15) is 12.5 Å².